The van der Waals surface area contributed by atoms with Crippen LogP contribution in [-0.4, -0.2) is 58.8 Å². The molecule has 4 rings (SSSR count). The summed E-state index contributed by atoms with van der Waals surface area (Å²) in [7, 11) is 3.56. The molecule has 3 aromatic rings. The van der Waals surface area contributed by atoms with E-state index in [4.69, 9.17) is 19.3 Å². The average Bonchev–Trinajstić information content (AvgIpc) is 3.51. The first-order valence-corrected chi connectivity index (χ1v) is 13.0. The molecule has 7 heteroatoms. The van der Waals surface area contributed by atoms with Crippen LogP contribution in [0.5, 0.6) is 17.4 Å². The van der Waals surface area contributed by atoms with Crippen molar-refractivity contribution >= 4 is 0 Å². The second kappa shape index (κ2) is 12.9. The molecule has 0 bridgehead atoms. The van der Waals surface area contributed by atoms with Gasteiger partial charge in [-0.25, -0.2) is 4.68 Å². The minimum Gasteiger partial charge on any atom is -0.497 e. The first-order valence-electron chi connectivity index (χ1n) is 13.0. The number of ether oxygens (including phenoxy) is 3. The fraction of sp³-hybridized carbons (Fsp3) is 0.483. The van der Waals surface area contributed by atoms with Crippen LogP contribution in [0.2, 0.25) is 0 Å². The highest BCUT2D eigenvalue weighted by Crippen LogP contribution is 2.35. The molecular formula is C29H39N3O4. The Morgan fingerprint density at radius 1 is 1.17 bits per heavy atom. The zero-order valence-corrected chi connectivity index (χ0v) is 21.7. The topological polar surface area (TPSA) is 69.0 Å². The van der Waals surface area contributed by atoms with Crippen molar-refractivity contribution in [1.82, 2.24) is 14.7 Å². The number of benzene rings is 2. The molecule has 1 aromatic heterocycles. The molecule has 1 aliphatic heterocycles. The molecule has 1 fully saturated rings. The molecule has 36 heavy (non-hydrogen) atoms. The van der Waals surface area contributed by atoms with Gasteiger partial charge in [0.15, 0.2) is 0 Å². The first kappa shape index (κ1) is 26.2. The molecule has 0 radical (unpaired) electrons. The lowest BCUT2D eigenvalue weighted by Gasteiger charge is -2.28. The maximum Gasteiger partial charge on any atom is 0.222 e. The van der Waals surface area contributed by atoms with E-state index in [9.17, 15) is 5.11 Å². The molecule has 2 unspecified atom stereocenters. The van der Waals surface area contributed by atoms with Crippen molar-refractivity contribution in [2.45, 2.75) is 57.8 Å². The predicted molar refractivity (Wildman–Crippen MR) is 141 cm³/mol. The third kappa shape index (κ3) is 6.87. The third-order valence-corrected chi connectivity index (χ3v) is 6.62. The number of aryl methyl sites for hydroxylation is 1. The molecular weight excluding hydrogens is 454 g/mol. The van der Waals surface area contributed by atoms with E-state index in [0.717, 1.165) is 67.8 Å². The molecule has 0 spiro atoms. The summed E-state index contributed by atoms with van der Waals surface area (Å²) >= 11 is 0. The van der Waals surface area contributed by atoms with Gasteiger partial charge in [-0.05, 0) is 31.4 Å². The lowest BCUT2D eigenvalue weighted by molar-refractivity contribution is 0.0435. The maximum atomic E-state index is 10.8. The van der Waals surface area contributed by atoms with E-state index in [0.29, 0.717) is 24.7 Å². The minimum absolute atomic E-state index is 0.183. The maximum absolute atomic E-state index is 10.8. The van der Waals surface area contributed by atoms with E-state index >= 15 is 0 Å². The van der Waals surface area contributed by atoms with Gasteiger partial charge in [0, 0.05) is 44.9 Å². The van der Waals surface area contributed by atoms with Gasteiger partial charge in [0.2, 0.25) is 5.88 Å². The lowest BCUT2D eigenvalue weighted by atomic mass is 10.1. The second-order valence-electron chi connectivity index (χ2n) is 9.53. The van der Waals surface area contributed by atoms with Gasteiger partial charge >= 0.3 is 0 Å². The molecule has 2 atom stereocenters. The standard InChI is InChI=1S/C29H39N3O4/c1-4-5-13-23(33)19-32(20-26-16-10-17-35-26)21-27-28(22-11-7-6-8-12-22)30-31(2)29(27)36-25-15-9-14-24(18-25)34-3/h6-9,11-12,14-15,18,23,26,33H,4-5,10,13,16-17,19-21H2,1-3H3. The van der Waals surface area contributed by atoms with E-state index in [1.165, 1.54) is 0 Å². The number of aliphatic hydroxyl groups is 1. The zero-order valence-electron chi connectivity index (χ0n) is 21.7. The summed E-state index contributed by atoms with van der Waals surface area (Å²) in [6.45, 7) is 4.91. The van der Waals surface area contributed by atoms with Crippen molar-refractivity contribution in [3.8, 4) is 28.6 Å². The summed E-state index contributed by atoms with van der Waals surface area (Å²) in [5, 5.41) is 15.7. The highest BCUT2D eigenvalue weighted by Gasteiger charge is 2.26. The van der Waals surface area contributed by atoms with Gasteiger partial charge in [0.25, 0.3) is 0 Å². The average molecular weight is 494 g/mol. The molecule has 0 saturated carbocycles. The Bertz CT molecular complexity index is 1080. The van der Waals surface area contributed by atoms with Crippen molar-refractivity contribution in [3.05, 3.63) is 60.2 Å². The summed E-state index contributed by atoms with van der Waals surface area (Å²) in [6, 6.07) is 17.8. The van der Waals surface area contributed by atoms with Crippen LogP contribution in [0.15, 0.2) is 54.6 Å². The van der Waals surface area contributed by atoms with Gasteiger partial charge < -0.3 is 19.3 Å². The number of aromatic nitrogens is 2. The number of aliphatic hydroxyl groups excluding tert-OH is 1. The lowest BCUT2D eigenvalue weighted by Crippen LogP contribution is -2.37. The van der Waals surface area contributed by atoms with Gasteiger partial charge in [-0.2, -0.15) is 5.10 Å². The number of nitrogens with zero attached hydrogens (tertiary/aromatic N) is 3. The molecule has 1 N–H and O–H groups in total. The van der Waals surface area contributed by atoms with Crippen LogP contribution >= 0.6 is 0 Å². The highest BCUT2D eigenvalue weighted by atomic mass is 16.5. The fourth-order valence-electron chi connectivity index (χ4n) is 4.76. The summed E-state index contributed by atoms with van der Waals surface area (Å²) in [5.74, 6) is 2.10. The van der Waals surface area contributed by atoms with E-state index in [-0.39, 0.29) is 12.2 Å². The Hall–Kier alpha value is -2.87. The Morgan fingerprint density at radius 2 is 1.97 bits per heavy atom. The zero-order chi connectivity index (χ0) is 25.3. The van der Waals surface area contributed by atoms with Crippen molar-refractivity contribution in [2.24, 2.45) is 7.05 Å². The SMILES string of the molecule is CCCCC(O)CN(Cc1c(-c2ccccc2)nn(C)c1Oc1cccc(OC)c1)CC1CCCO1. The summed E-state index contributed by atoms with van der Waals surface area (Å²) in [5.41, 5.74) is 2.91. The quantitative estimate of drug-likeness (QED) is 0.343. The van der Waals surface area contributed by atoms with Crippen molar-refractivity contribution < 1.29 is 19.3 Å². The molecule has 0 amide bonds. The van der Waals surface area contributed by atoms with E-state index in [2.05, 4.69) is 24.0 Å². The molecule has 194 valence electrons. The van der Waals surface area contributed by atoms with E-state index < -0.39 is 0 Å². The summed E-state index contributed by atoms with van der Waals surface area (Å²) in [4.78, 5) is 2.30. The van der Waals surface area contributed by atoms with Crippen LogP contribution in [0.25, 0.3) is 11.3 Å². The second-order valence-corrected chi connectivity index (χ2v) is 9.53. The number of methoxy groups -OCH3 is 1. The fourth-order valence-corrected chi connectivity index (χ4v) is 4.76. The Morgan fingerprint density at radius 3 is 2.69 bits per heavy atom. The molecule has 2 heterocycles. The Labute approximate surface area is 214 Å². The Kier molecular flexibility index (Phi) is 9.39. The normalized spacial score (nSPS) is 16.4. The Balaban J connectivity index is 1.67. The van der Waals surface area contributed by atoms with Crippen LogP contribution in [0.4, 0.5) is 0 Å². The van der Waals surface area contributed by atoms with Crippen LogP contribution in [-0.2, 0) is 18.3 Å². The summed E-state index contributed by atoms with van der Waals surface area (Å²) in [6.07, 6.45) is 4.82. The molecule has 2 aromatic carbocycles. The predicted octanol–water partition coefficient (Wildman–Crippen LogP) is 5.42. The summed E-state index contributed by atoms with van der Waals surface area (Å²) < 4.78 is 19.6. The van der Waals surface area contributed by atoms with Crippen molar-refractivity contribution in [1.29, 1.82) is 0 Å². The van der Waals surface area contributed by atoms with Crippen molar-refractivity contribution in [3.63, 3.8) is 0 Å². The van der Waals surface area contributed by atoms with Gasteiger partial charge in [0.05, 0.1) is 24.9 Å². The van der Waals surface area contributed by atoms with Crippen LogP contribution in [0.3, 0.4) is 0 Å². The molecule has 1 aliphatic rings. The van der Waals surface area contributed by atoms with Gasteiger partial charge in [-0.3, -0.25) is 4.90 Å². The largest absolute Gasteiger partial charge is 0.497 e. The number of unbranched alkanes of at least 4 members (excludes halogenated alkanes) is 1. The van der Waals surface area contributed by atoms with Gasteiger partial charge in [-0.1, -0.05) is 56.2 Å². The van der Waals surface area contributed by atoms with E-state index in [1.807, 2.05) is 49.5 Å². The minimum atomic E-state index is -0.383. The van der Waals surface area contributed by atoms with Crippen LogP contribution in [0.1, 0.15) is 44.6 Å². The molecule has 0 aliphatic carbocycles. The third-order valence-electron chi connectivity index (χ3n) is 6.62. The van der Waals surface area contributed by atoms with Gasteiger partial charge in [0.1, 0.15) is 17.2 Å². The highest BCUT2D eigenvalue weighted by molar-refractivity contribution is 5.65. The van der Waals surface area contributed by atoms with Gasteiger partial charge in [-0.15, -0.1) is 0 Å². The number of rotatable bonds is 13. The first-order chi connectivity index (χ1) is 17.6. The monoisotopic (exact) mass is 493 g/mol. The number of hydrogen-bond donors (Lipinski definition) is 1. The van der Waals surface area contributed by atoms with E-state index in [1.54, 1.807) is 11.8 Å². The smallest absolute Gasteiger partial charge is 0.222 e. The molecule has 1 saturated heterocycles. The number of hydrogen-bond acceptors (Lipinski definition) is 6. The van der Waals surface area contributed by atoms with Crippen LogP contribution in [0, 0.1) is 0 Å². The molecule has 7 nitrogen and oxygen atoms in total. The van der Waals surface area contributed by atoms with Crippen LogP contribution < -0.4 is 9.47 Å². The van der Waals surface area contributed by atoms with Crippen molar-refractivity contribution in [2.75, 3.05) is 26.8 Å².